The van der Waals surface area contributed by atoms with Crippen molar-refractivity contribution in [1.29, 1.82) is 0 Å². The van der Waals surface area contributed by atoms with Crippen molar-refractivity contribution in [2.45, 2.75) is 110 Å². The van der Waals surface area contributed by atoms with Gasteiger partial charge in [0.05, 0.1) is 0 Å². The summed E-state index contributed by atoms with van der Waals surface area (Å²) in [6.45, 7) is 5.60. The van der Waals surface area contributed by atoms with Crippen LogP contribution in [0.4, 0.5) is 0 Å². The Labute approximate surface area is 233 Å². The second-order valence-corrected chi connectivity index (χ2v) is 12.0. The van der Waals surface area contributed by atoms with Gasteiger partial charge in [-0.2, -0.15) is 0 Å². The van der Waals surface area contributed by atoms with Gasteiger partial charge in [0.25, 0.3) is 0 Å². The summed E-state index contributed by atoms with van der Waals surface area (Å²) in [5, 5.41) is 6.44. The van der Waals surface area contributed by atoms with Gasteiger partial charge >= 0.3 is 0 Å². The minimum Gasteiger partial charge on any atom is -0.352 e. The molecule has 2 aromatic rings. The fraction of sp³-hybridized carbons (Fsp3) is 0.545. The van der Waals surface area contributed by atoms with Gasteiger partial charge in [-0.3, -0.25) is 14.4 Å². The average Bonchev–Trinajstić information content (AvgIpc) is 2.95. The van der Waals surface area contributed by atoms with Gasteiger partial charge in [-0.05, 0) is 63.1 Å². The molecule has 2 N–H and O–H groups in total. The molecule has 0 aromatic heterocycles. The molecule has 0 radical (unpaired) electrons. The van der Waals surface area contributed by atoms with Crippen molar-refractivity contribution in [1.82, 2.24) is 15.5 Å². The minimum absolute atomic E-state index is 0.0997. The van der Waals surface area contributed by atoms with E-state index in [1.807, 2.05) is 61.5 Å². The molecular formula is C33H45N3O3. The van der Waals surface area contributed by atoms with E-state index in [-0.39, 0.29) is 36.3 Å². The number of rotatable bonds is 9. The molecule has 1 atom stereocenters. The Morgan fingerprint density at radius 2 is 1.33 bits per heavy atom. The van der Waals surface area contributed by atoms with Crippen LogP contribution in [0.3, 0.4) is 0 Å². The molecule has 2 aliphatic rings. The monoisotopic (exact) mass is 531 g/mol. The molecule has 39 heavy (non-hydrogen) atoms. The number of carbonyl (C=O) groups excluding carboxylic acids is 3. The number of benzene rings is 2. The lowest BCUT2D eigenvalue weighted by molar-refractivity contribution is -0.154. The van der Waals surface area contributed by atoms with Crippen LogP contribution in [-0.4, -0.2) is 34.7 Å². The Balaban J connectivity index is 1.70. The molecule has 0 saturated heterocycles. The maximum Gasteiger partial charge on any atom is 0.247 e. The summed E-state index contributed by atoms with van der Waals surface area (Å²) in [6.07, 6.45) is 10.6. The topological polar surface area (TPSA) is 78.5 Å². The van der Waals surface area contributed by atoms with Gasteiger partial charge in [-0.1, -0.05) is 93.1 Å². The van der Waals surface area contributed by atoms with Crippen LogP contribution in [0.15, 0.2) is 54.6 Å². The van der Waals surface area contributed by atoms with Crippen LogP contribution >= 0.6 is 0 Å². The zero-order valence-corrected chi connectivity index (χ0v) is 23.9. The third-order valence-corrected chi connectivity index (χ3v) is 8.49. The minimum atomic E-state index is -1.34. The van der Waals surface area contributed by atoms with Gasteiger partial charge in [0.2, 0.25) is 17.7 Å². The molecule has 4 rings (SSSR count). The van der Waals surface area contributed by atoms with Gasteiger partial charge in [0.15, 0.2) is 0 Å². The predicted molar refractivity (Wildman–Crippen MR) is 155 cm³/mol. The number of nitrogens with zero attached hydrogens (tertiary/aromatic N) is 1. The van der Waals surface area contributed by atoms with Crippen LogP contribution in [0, 0.1) is 12.3 Å². The van der Waals surface area contributed by atoms with Crippen molar-refractivity contribution in [2.24, 2.45) is 5.41 Å². The van der Waals surface area contributed by atoms with Crippen LogP contribution in [0.1, 0.15) is 101 Å². The Morgan fingerprint density at radius 1 is 0.795 bits per heavy atom. The number of nitrogens with one attached hydrogen (secondary N) is 2. The molecule has 2 saturated carbocycles. The van der Waals surface area contributed by atoms with Crippen LogP contribution in [0.5, 0.6) is 0 Å². The highest BCUT2D eigenvalue weighted by atomic mass is 16.2. The molecule has 2 aromatic carbocycles. The smallest absolute Gasteiger partial charge is 0.247 e. The molecular weight excluding hydrogens is 486 g/mol. The summed E-state index contributed by atoms with van der Waals surface area (Å²) < 4.78 is 0. The van der Waals surface area contributed by atoms with Crippen molar-refractivity contribution in [3.8, 4) is 0 Å². The van der Waals surface area contributed by atoms with E-state index < -0.39 is 11.5 Å². The lowest BCUT2D eigenvalue weighted by Crippen LogP contribution is -2.55. The van der Waals surface area contributed by atoms with Gasteiger partial charge < -0.3 is 15.5 Å². The second kappa shape index (κ2) is 13.3. The first-order valence-electron chi connectivity index (χ1n) is 14.8. The first-order chi connectivity index (χ1) is 18.8. The quantitative estimate of drug-likeness (QED) is 0.390. The van der Waals surface area contributed by atoms with E-state index in [0.717, 1.165) is 68.1 Å². The Hall–Kier alpha value is -3.15. The van der Waals surface area contributed by atoms with E-state index in [0.29, 0.717) is 0 Å². The SMILES string of the molecule is Cc1ccccc1C(C(=O)NC1CCCCC1)N(Cc1ccccc1)C(=O)C(C)(C)C(=O)NC1CCCCC1. The number of hydrogen-bond acceptors (Lipinski definition) is 3. The molecule has 2 fully saturated rings. The highest BCUT2D eigenvalue weighted by molar-refractivity contribution is 6.05. The molecule has 1 unspecified atom stereocenters. The van der Waals surface area contributed by atoms with Crippen molar-refractivity contribution >= 4 is 17.7 Å². The summed E-state index contributed by atoms with van der Waals surface area (Å²) in [4.78, 5) is 43.8. The van der Waals surface area contributed by atoms with E-state index in [4.69, 9.17) is 0 Å². The first kappa shape index (κ1) is 28.8. The summed E-state index contributed by atoms with van der Waals surface area (Å²) >= 11 is 0. The zero-order valence-electron chi connectivity index (χ0n) is 23.9. The van der Waals surface area contributed by atoms with Crippen LogP contribution in [0.25, 0.3) is 0 Å². The number of aryl methyl sites for hydroxylation is 1. The van der Waals surface area contributed by atoms with Crippen molar-refractivity contribution in [2.75, 3.05) is 0 Å². The summed E-state index contributed by atoms with van der Waals surface area (Å²) in [5.74, 6) is -0.788. The number of carbonyl (C=O) groups is 3. The van der Waals surface area contributed by atoms with Crippen LogP contribution in [-0.2, 0) is 20.9 Å². The largest absolute Gasteiger partial charge is 0.352 e. The number of amides is 3. The molecule has 3 amide bonds. The molecule has 0 bridgehead atoms. The summed E-state index contributed by atoms with van der Waals surface area (Å²) in [5.41, 5.74) is 1.31. The van der Waals surface area contributed by atoms with Gasteiger partial charge in [-0.15, -0.1) is 0 Å². The first-order valence-corrected chi connectivity index (χ1v) is 14.8. The van der Waals surface area contributed by atoms with Gasteiger partial charge in [-0.25, -0.2) is 0 Å². The van der Waals surface area contributed by atoms with E-state index in [1.54, 1.807) is 18.7 Å². The van der Waals surface area contributed by atoms with E-state index in [1.165, 1.54) is 12.8 Å². The fourth-order valence-electron chi connectivity index (χ4n) is 6.00. The Bertz CT molecular complexity index is 1120. The zero-order chi connectivity index (χ0) is 27.8. The molecule has 0 heterocycles. The highest BCUT2D eigenvalue weighted by Crippen LogP contribution is 2.32. The van der Waals surface area contributed by atoms with E-state index in [2.05, 4.69) is 10.6 Å². The van der Waals surface area contributed by atoms with Gasteiger partial charge in [0.1, 0.15) is 11.5 Å². The van der Waals surface area contributed by atoms with Crippen molar-refractivity contribution < 1.29 is 14.4 Å². The Kier molecular flexibility index (Phi) is 9.82. The summed E-state index contributed by atoms with van der Waals surface area (Å²) in [6, 6.07) is 16.9. The lowest BCUT2D eigenvalue weighted by Gasteiger charge is -2.38. The molecule has 2 aliphatic carbocycles. The van der Waals surface area contributed by atoms with E-state index >= 15 is 0 Å². The Morgan fingerprint density at radius 3 is 1.92 bits per heavy atom. The normalized spacial score (nSPS) is 17.7. The standard InChI is InChI=1S/C33H45N3O3/c1-24-15-13-14-22-28(24)29(30(37)34-26-18-9-5-10-19-26)36(23-25-16-7-4-8-17-25)32(39)33(2,3)31(38)35-27-20-11-6-12-21-27/h4,7-8,13-17,22,26-27,29H,5-6,9-12,18-21,23H2,1-3H3,(H,34,37)(H,35,38). The van der Waals surface area contributed by atoms with Crippen LogP contribution in [0.2, 0.25) is 0 Å². The average molecular weight is 532 g/mol. The fourth-order valence-corrected chi connectivity index (χ4v) is 6.00. The van der Waals surface area contributed by atoms with E-state index in [9.17, 15) is 14.4 Å². The molecule has 6 heteroatoms. The lowest BCUT2D eigenvalue weighted by atomic mass is 9.86. The highest BCUT2D eigenvalue weighted by Gasteiger charge is 2.44. The predicted octanol–water partition coefficient (Wildman–Crippen LogP) is 5.99. The van der Waals surface area contributed by atoms with Gasteiger partial charge in [0, 0.05) is 18.6 Å². The molecule has 0 aliphatic heterocycles. The molecule has 6 nitrogen and oxygen atoms in total. The second-order valence-electron chi connectivity index (χ2n) is 12.0. The van der Waals surface area contributed by atoms with Crippen molar-refractivity contribution in [3.05, 3.63) is 71.3 Å². The third kappa shape index (κ3) is 7.28. The molecule has 210 valence electrons. The number of hydrogen-bond donors (Lipinski definition) is 2. The maximum atomic E-state index is 14.5. The maximum absolute atomic E-state index is 14.5. The van der Waals surface area contributed by atoms with Crippen LogP contribution < -0.4 is 10.6 Å². The molecule has 0 spiro atoms. The summed E-state index contributed by atoms with van der Waals surface area (Å²) in [7, 11) is 0. The third-order valence-electron chi connectivity index (χ3n) is 8.49. The van der Waals surface area contributed by atoms with Crippen molar-refractivity contribution in [3.63, 3.8) is 0 Å².